The third-order valence-corrected chi connectivity index (χ3v) is 3.47. The molecule has 2 atom stereocenters. The number of hydrogen-bond donors (Lipinski definition) is 2. The topological polar surface area (TPSA) is 41.1 Å². The summed E-state index contributed by atoms with van der Waals surface area (Å²) in [6, 6.07) is 0. The molecule has 2 N–H and O–H groups in total. The van der Waals surface area contributed by atoms with Gasteiger partial charge in [-0.1, -0.05) is 20.8 Å². The Morgan fingerprint density at radius 3 is 2.88 bits per heavy atom. The normalized spacial score (nSPS) is 25.8. The Hall–Kier alpha value is -0.570. The molecular weight excluding hydrogens is 200 g/mol. The van der Waals surface area contributed by atoms with Crippen LogP contribution in [0.5, 0.6) is 0 Å². The molecule has 3 nitrogen and oxygen atoms in total. The molecule has 94 valence electrons. The number of hydrogen-bond acceptors (Lipinski definition) is 2. The van der Waals surface area contributed by atoms with Gasteiger partial charge in [-0.3, -0.25) is 4.79 Å². The fraction of sp³-hybridized carbons (Fsp3) is 0.923. The van der Waals surface area contributed by atoms with E-state index < -0.39 is 0 Å². The second kappa shape index (κ2) is 6.89. The summed E-state index contributed by atoms with van der Waals surface area (Å²) in [5.41, 5.74) is 0. The van der Waals surface area contributed by atoms with Gasteiger partial charge in [0.25, 0.3) is 0 Å². The van der Waals surface area contributed by atoms with Crippen molar-refractivity contribution in [1.82, 2.24) is 10.6 Å². The minimum Gasteiger partial charge on any atom is -0.356 e. The van der Waals surface area contributed by atoms with Gasteiger partial charge in [0.1, 0.15) is 0 Å². The highest BCUT2D eigenvalue weighted by Crippen LogP contribution is 2.17. The molecular formula is C13H26N2O. The summed E-state index contributed by atoms with van der Waals surface area (Å²) in [4.78, 5) is 11.6. The molecule has 2 unspecified atom stereocenters. The van der Waals surface area contributed by atoms with Crippen LogP contribution in [0.15, 0.2) is 0 Å². The van der Waals surface area contributed by atoms with Crippen molar-refractivity contribution in [3.63, 3.8) is 0 Å². The van der Waals surface area contributed by atoms with Crippen molar-refractivity contribution in [2.24, 2.45) is 17.8 Å². The van der Waals surface area contributed by atoms with E-state index in [4.69, 9.17) is 0 Å². The molecule has 0 spiro atoms. The molecule has 1 fully saturated rings. The van der Waals surface area contributed by atoms with Crippen LogP contribution in [0.2, 0.25) is 0 Å². The summed E-state index contributed by atoms with van der Waals surface area (Å²) >= 11 is 0. The molecule has 0 aromatic rings. The second-order valence-corrected chi connectivity index (χ2v) is 5.47. The van der Waals surface area contributed by atoms with Gasteiger partial charge >= 0.3 is 0 Å². The summed E-state index contributed by atoms with van der Waals surface area (Å²) in [6.45, 7) is 9.62. The first kappa shape index (κ1) is 13.5. The lowest BCUT2D eigenvalue weighted by Gasteiger charge is -2.29. The van der Waals surface area contributed by atoms with Gasteiger partial charge in [-0.25, -0.2) is 0 Å². The Balaban J connectivity index is 2.15. The van der Waals surface area contributed by atoms with Gasteiger partial charge in [0.2, 0.25) is 5.91 Å². The number of carbonyl (C=O) groups is 1. The first-order valence-electron chi connectivity index (χ1n) is 6.57. The molecule has 0 radical (unpaired) electrons. The highest BCUT2D eigenvalue weighted by Gasteiger charge is 2.21. The Morgan fingerprint density at radius 2 is 2.25 bits per heavy atom. The maximum Gasteiger partial charge on any atom is 0.220 e. The lowest BCUT2D eigenvalue weighted by molar-refractivity contribution is -0.121. The van der Waals surface area contributed by atoms with E-state index in [0.717, 1.165) is 26.1 Å². The van der Waals surface area contributed by atoms with Crippen LogP contribution in [0.25, 0.3) is 0 Å². The predicted molar refractivity (Wildman–Crippen MR) is 67.2 cm³/mol. The van der Waals surface area contributed by atoms with Gasteiger partial charge in [0.05, 0.1) is 0 Å². The molecule has 1 aliphatic heterocycles. The van der Waals surface area contributed by atoms with E-state index in [1.165, 1.54) is 6.42 Å². The molecule has 1 rings (SSSR count). The molecule has 0 aromatic carbocycles. The lowest BCUT2D eigenvalue weighted by atomic mass is 9.88. The van der Waals surface area contributed by atoms with E-state index in [1.54, 1.807) is 0 Å². The molecule has 1 heterocycles. The van der Waals surface area contributed by atoms with E-state index in [9.17, 15) is 4.79 Å². The number of amides is 1. The minimum atomic E-state index is 0.222. The summed E-state index contributed by atoms with van der Waals surface area (Å²) in [6.07, 6.45) is 2.86. The van der Waals surface area contributed by atoms with Crippen LogP contribution < -0.4 is 10.6 Å². The largest absolute Gasteiger partial charge is 0.356 e. The molecule has 1 saturated heterocycles. The van der Waals surface area contributed by atoms with Crippen LogP contribution in [0.4, 0.5) is 0 Å². The summed E-state index contributed by atoms with van der Waals surface area (Å²) in [7, 11) is 0. The summed E-state index contributed by atoms with van der Waals surface area (Å²) < 4.78 is 0. The van der Waals surface area contributed by atoms with Crippen molar-refractivity contribution in [2.45, 2.75) is 40.0 Å². The zero-order chi connectivity index (χ0) is 12.0. The van der Waals surface area contributed by atoms with Crippen molar-refractivity contribution in [2.75, 3.05) is 19.6 Å². The molecule has 0 saturated carbocycles. The standard InChI is InChI=1S/C13H26N2O/c1-10(2)4-5-13(16)15-9-12-6-7-14-8-11(12)3/h10-12,14H,4-9H2,1-3H3,(H,15,16). The Bertz CT molecular complexity index is 216. The fourth-order valence-corrected chi connectivity index (χ4v) is 2.12. The van der Waals surface area contributed by atoms with E-state index in [2.05, 4.69) is 31.4 Å². The van der Waals surface area contributed by atoms with E-state index in [0.29, 0.717) is 24.2 Å². The van der Waals surface area contributed by atoms with Crippen molar-refractivity contribution < 1.29 is 4.79 Å². The summed E-state index contributed by atoms with van der Waals surface area (Å²) in [5, 5.41) is 6.45. The number of nitrogens with one attached hydrogen (secondary N) is 2. The van der Waals surface area contributed by atoms with E-state index in [1.807, 2.05) is 0 Å². The molecule has 0 aliphatic carbocycles. The lowest BCUT2D eigenvalue weighted by Crippen LogP contribution is -2.41. The van der Waals surface area contributed by atoms with Crippen LogP contribution in [0.1, 0.15) is 40.0 Å². The van der Waals surface area contributed by atoms with Crippen LogP contribution in [-0.2, 0) is 4.79 Å². The minimum absolute atomic E-state index is 0.222. The molecule has 1 aliphatic rings. The van der Waals surface area contributed by atoms with E-state index in [-0.39, 0.29) is 5.91 Å². The van der Waals surface area contributed by atoms with Crippen molar-refractivity contribution in [3.05, 3.63) is 0 Å². The summed E-state index contributed by atoms with van der Waals surface area (Å²) in [5.74, 6) is 2.17. The SMILES string of the molecule is CC(C)CCC(=O)NCC1CCNCC1C. The first-order valence-corrected chi connectivity index (χ1v) is 6.57. The number of piperidine rings is 1. The maximum atomic E-state index is 11.6. The average Bonchev–Trinajstić information content (AvgIpc) is 2.25. The van der Waals surface area contributed by atoms with Crippen LogP contribution in [-0.4, -0.2) is 25.5 Å². The van der Waals surface area contributed by atoms with Gasteiger partial charge < -0.3 is 10.6 Å². The molecule has 3 heteroatoms. The Kier molecular flexibility index (Phi) is 5.81. The Morgan fingerprint density at radius 1 is 1.50 bits per heavy atom. The van der Waals surface area contributed by atoms with Crippen molar-refractivity contribution in [1.29, 1.82) is 0 Å². The highest BCUT2D eigenvalue weighted by atomic mass is 16.1. The molecule has 0 bridgehead atoms. The quantitative estimate of drug-likeness (QED) is 0.750. The zero-order valence-corrected chi connectivity index (χ0v) is 10.9. The number of carbonyl (C=O) groups excluding carboxylic acids is 1. The van der Waals surface area contributed by atoms with Crippen molar-refractivity contribution >= 4 is 5.91 Å². The van der Waals surface area contributed by atoms with E-state index >= 15 is 0 Å². The second-order valence-electron chi connectivity index (χ2n) is 5.47. The van der Waals surface area contributed by atoms with Gasteiger partial charge in [-0.2, -0.15) is 0 Å². The van der Waals surface area contributed by atoms with Gasteiger partial charge in [-0.05, 0) is 43.7 Å². The zero-order valence-electron chi connectivity index (χ0n) is 10.9. The molecule has 16 heavy (non-hydrogen) atoms. The average molecular weight is 226 g/mol. The first-order chi connectivity index (χ1) is 7.59. The van der Waals surface area contributed by atoms with Crippen molar-refractivity contribution in [3.8, 4) is 0 Å². The van der Waals surface area contributed by atoms with Gasteiger partial charge in [0, 0.05) is 13.0 Å². The monoisotopic (exact) mass is 226 g/mol. The van der Waals surface area contributed by atoms with Gasteiger partial charge in [0.15, 0.2) is 0 Å². The van der Waals surface area contributed by atoms with Crippen LogP contribution in [0, 0.1) is 17.8 Å². The van der Waals surface area contributed by atoms with Crippen LogP contribution in [0.3, 0.4) is 0 Å². The smallest absolute Gasteiger partial charge is 0.220 e. The third-order valence-electron chi connectivity index (χ3n) is 3.47. The predicted octanol–water partition coefficient (Wildman–Crippen LogP) is 1.78. The highest BCUT2D eigenvalue weighted by molar-refractivity contribution is 5.75. The third kappa shape index (κ3) is 4.97. The van der Waals surface area contributed by atoms with Crippen LogP contribution >= 0.6 is 0 Å². The van der Waals surface area contributed by atoms with Gasteiger partial charge in [-0.15, -0.1) is 0 Å². The molecule has 1 amide bonds. The number of rotatable bonds is 5. The fourth-order valence-electron chi connectivity index (χ4n) is 2.12. The Labute approximate surface area is 99.4 Å². The molecule has 0 aromatic heterocycles. The maximum absolute atomic E-state index is 11.6.